The standard InChI is InChI=1S/C37H22OS/c38-37-31-14-5-6-15-35(31)39-36-19-17-25(21-34(36)37)24-9-7-10-26(20-24)32-22-33-27-11-2-1-8-23(27)16-18-30(33)28-12-3-4-13-29(28)32/h1-22H. The molecule has 0 unspecified atom stereocenters. The first-order chi connectivity index (χ1) is 19.2. The Morgan fingerprint density at radius 3 is 1.95 bits per heavy atom. The predicted molar refractivity (Wildman–Crippen MR) is 169 cm³/mol. The molecule has 0 spiro atoms. The van der Waals surface area contributed by atoms with Crippen LogP contribution in [-0.4, -0.2) is 0 Å². The second-order valence-electron chi connectivity index (χ2n) is 10.1. The minimum absolute atomic E-state index is 0.102. The lowest BCUT2D eigenvalue weighted by Gasteiger charge is -2.14. The molecule has 7 aromatic carbocycles. The van der Waals surface area contributed by atoms with Crippen molar-refractivity contribution >= 4 is 63.8 Å². The molecule has 0 saturated heterocycles. The van der Waals surface area contributed by atoms with Crippen LogP contribution in [0.4, 0.5) is 0 Å². The number of hydrogen-bond donors (Lipinski definition) is 0. The lowest BCUT2D eigenvalue weighted by Crippen LogP contribution is -2.00. The highest BCUT2D eigenvalue weighted by molar-refractivity contribution is 7.24. The lowest BCUT2D eigenvalue weighted by molar-refractivity contribution is 1.63. The average molecular weight is 515 g/mol. The third-order valence-electron chi connectivity index (χ3n) is 7.85. The fraction of sp³-hybridized carbons (Fsp3) is 0. The van der Waals surface area contributed by atoms with E-state index in [1.54, 1.807) is 11.3 Å². The van der Waals surface area contributed by atoms with Crippen LogP contribution in [0.15, 0.2) is 138 Å². The molecule has 0 bridgehead atoms. The van der Waals surface area contributed by atoms with E-state index < -0.39 is 0 Å². The number of rotatable bonds is 2. The molecule has 0 N–H and O–H groups in total. The van der Waals surface area contributed by atoms with Gasteiger partial charge in [-0.2, -0.15) is 0 Å². The number of hydrogen-bond acceptors (Lipinski definition) is 2. The van der Waals surface area contributed by atoms with Gasteiger partial charge in [-0.25, -0.2) is 0 Å². The van der Waals surface area contributed by atoms with Crippen molar-refractivity contribution in [2.24, 2.45) is 0 Å². The largest absolute Gasteiger partial charge is 0.289 e. The smallest absolute Gasteiger partial charge is 0.195 e. The average Bonchev–Trinajstić information content (AvgIpc) is 3.00. The van der Waals surface area contributed by atoms with E-state index in [9.17, 15) is 4.79 Å². The Bertz CT molecular complexity index is 2310. The number of fused-ring (bicyclic) bond motifs is 7. The van der Waals surface area contributed by atoms with Crippen LogP contribution >= 0.6 is 11.3 Å². The van der Waals surface area contributed by atoms with E-state index in [2.05, 4.69) is 109 Å². The van der Waals surface area contributed by atoms with Crippen molar-refractivity contribution in [3.05, 3.63) is 144 Å². The van der Waals surface area contributed by atoms with Gasteiger partial charge in [-0.3, -0.25) is 4.79 Å². The van der Waals surface area contributed by atoms with Gasteiger partial charge >= 0.3 is 0 Å². The third-order valence-corrected chi connectivity index (χ3v) is 9.00. The summed E-state index contributed by atoms with van der Waals surface area (Å²) < 4.78 is 2.05. The summed E-state index contributed by atoms with van der Waals surface area (Å²) in [5.41, 5.74) is 4.65. The summed E-state index contributed by atoms with van der Waals surface area (Å²) in [6.45, 7) is 0. The van der Waals surface area contributed by atoms with Crippen LogP contribution in [0.2, 0.25) is 0 Å². The first-order valence-corrected chi connectivity index (χ1v) is 14.0. The van der Waals surface area contributed by atoms with Crippen molar-refractivity contribution in [3.8, 4) is 22.3 Å². The first kappa shape index (κ1) is 22.2. The number of benzene rings is 7. The highest BCUT2D eigenvalue weighted by atomic mass is 32.1. The fourth-order valence-corrected chi connectivity index (χ4v) is 7.00. The fourth-order valence-electron chi connectivity index (χ4n) is 5.95. The van der Waals surface area contributed by atoms with E-state index >= 15 is 0 Å². The zero-order valence-electron chi connectivity index (χ0n) is 21.0. The molecule has 0 saturated carbocycles. The summed E-state index contributed by atoms with van der Waals surface area (Å²) in [4.78, 5) is 13.3. The highest BCUT2D eigenvalue weighted by Crippen LogP contribution is 2.39. The maximum atomic E-state index is 13.3. The van der Waals surface area contributed by atoms with Gasteiger partial charge in [0.1, 0.15) is 0 Å². The molecule has 182 valence electrons. The predicted octanol–water partition coefficient (Wildman–Crippen LogP) is 10.2. The zero-order valence-corrected chi connectivity index (χ0v) is 21.8. The molecule has 1 aromatic heterocycles. The molecular formula is C37H22OS. The zero-order chi connectivity index (χ0) is 25.9. The normalized spacial score (nSPS) is 11.7. The molecule has 8 rings (SSSR count). The Morgan fingerprint density at radius 1 is 0.385 bits per heavy atom. The molecule has 1 heterocycles. The quantitative estimate of drug-likeness (QED) is 0.166. The Kier molecular flexibility index (Phi) is 4.91. The molecule has 0 radical (unpaired) electrons. The van der Waals surface area contributed by atoms with E-state index in [1.165, 1.54) is 43.4 Å². The van der Waals surface area contributed by atoms with Crippen LogP contribution in [0.3, 0.4) is 0 Å². The Balaban J connectivity index is 1.36. The minimum Gasteiger partial charge on any atom is -0.289 e. The molecular weight excluding hydrogens is 492 g/mol. The molecule has 0 aliphatic carbocycles. The van der Waals surface area contributed by atoms with Crippen molar-refractivity contribution in [1.82, 2.24) is 0 Å². The Morgan fingerprint density at radius 2 is 1.05 bits per heavy atom. The molecule has 2 heteroatoms. The van der Waals surface area contributed by atoms with Crippen LogP contribution in [0.25, 0.3) is 74.7 Å². The minimum atomic E-state index is 0.102. The van der Waals surface area contributed by atoms with Crippen molar-refractivity contribution in [2.75, 3.05) is 0 Å². The van der Waals surface area contributed by atoms with Gasteiger partial charge in [0.2, 0.25) is 0 Å². The molecule has 0 amide bonds. The topological polar surface area (TPSA) is 17.1 Å². The van der Waals surface area contributed by atoms with E-state index in [0.717, 1.165) is 31.3 Å². The first-order valence-electron chi connectivity index (χ1n) is 13.1. The van der Waals surface area contributed by atoms with Crippen molar-refractivity contribution in [2.45, 2.75) is 0 Å². The van der Waals surface area contributed by atoms with Crippen LogP contribution < -0.4 is 5.43 Å². The summed E-state index contributed by atoms with van der Waals surface area (Å²) in [5, 5.41) is 9.13. The summed E-state index contributed by atoms with van der Waals surface area (Å²) in [6, 6.07) is 47.0. The van der Waals surface area contributed by atoms with Crippen LogP contribution in [0, 0.1) is 0 Å². The lowest BCUT2D eigenvalue weighted by atomic mass is 9.90. The molecule has 1 nitrogen and oxygen atoms in total. The van der Waals surface area contributed by atoms with Gasteiger partial charge < -0.3 is 0 Å². The van der Waals surface area contributed by atoms with Gasteiger partial charge in [-0.05, 0) is 91.0 Å². The van der Waals surface area contributed by atoms with Gasteiger partial charge in [-0.15, -0.1) is 11.3 Å². The molecule has 0 aliphatic heterocycles. The van der Waals surface area contributed by atoms with E-state index in [4.69, 9.17) is 0 Å². The van der Waals surface area contributed by atoms with Crippen LogP contribution in [-0.2, 0) is 0 Å². The van der Waals surface area contributed by atoms with Gasteiger partial charge in [0.15, 0.2) is 5.43 Å². The maximum absolute atomic E-state index is 13.3. The Hall–Kier alpha value is -4.79. The second-order valence-corrected chi connectivity index (χ2v) is 11.2. The van der Waals surface area contributed by atoms with Gasteiger partial charge in [0.25, 0.3) is 0 Å². The van der Waals surface area contributed by atoms with Crippen LogP contribution in [0.5, 0.6) is 0 Å². The van der Waals surface area contributed by atoms with Gasteiger partial charge in [-0.1, -0.05) is 97.1 Å². The van der Waals surface area contributed by atoms with Crippen molar-refractivity contribution in [1.29, 1.82) is 0 Å². The van der Waals surface area contributed by atoms with E-state index in [1.807, 2.05) is 24.3 Å². The monoisotopic (exact) mass is 514 g/mol. The van der Waals surface area contributed by atoms with Gasteiger partial charge in [0, 0.05) is 20.2 Å². The molecule has 39 heavy (non-hydrogen) atoms. The summed E-state index contributed by atoms with van der Waals surface area (Å²) >= 11 is 1.67. The maximum Gasteiger partial charge on any atom is 0.195 e. The summed E-state index contributed by atoms with van der Waals surface area (Å²) in [7, 11) is 0. The SMILES string of the molecule is O=c1c2ccccc2sc2ccc(-c3cccc(-c4cc5c6ccccc6ccc5c5ccccc45)c3)cc12. The summed E-state index contributed by atoms with van der Waals surface area (Å²) in [6.07, 6.45) is 0. The second kappa shape index (κ2) is 8.62. The van der Waals surface area contributed by atoms with Crippen LogP contribution in [0.1, 0.15) is 0 Å². The Labute approximate surface area is 229 Å². The highest BCUT2D eigenvalue weighted by Gasteiger charge is 2.12. The summed E-state index contributed by atoms with van der Waals surface area (Å²) in [5.74, 6) is 0. The van der Waals surface area contributed by atoms with E-state index in [0.29, 0.717) is 0 Å². The molecule has 0 aliphatic rings. The van der Waals surface area contributed by atoms with E-state index in [-0.39, 0.29) is 5.43 Å². The third kappa shape index (κ3) is 3.49. The molecule has 8 aromatic rings. The molecule has 0 atom stereocenters. The van der Waals surface area contributed by atoms with Gasteiger partial charge in [0.05, 0.1) is 0 Å². The van der Waals surface area contributed by atoms with Crippen molar-refractivity contribution < 1.29 is 0 Å². The molecule has 0 fully saturated rings. The van der Waals surface area contributed by atoms with Crippen molar-refractivity contribution in [3.63, 3.8) is 0 Å².